The maximum absolute atomic E-state index is 11.5. The molecule has 0 radical (unpaired) electrons. The van der Waals surface area contributed by atoms with Crippen LogP contribution in [0.25, 0.3) is 10.9 Å². The number of rotatable bonds is 3. The third-order valence-electron chi connectivity index (χ3n) is 4.08. The number of ether oxygens (including phenoxy) is 2. The van der Waals surface area contributed by atoms with Crippen LogP contribution in [0, 0.1) is 0 Å². The number of pyridine rings is 1. The van der Waals surface area contributed by atoms with E-state index < -0.39 is 0 Å². The number of aromatic nitrogens is 1. The van der Waals surface area contributed by atoms with Gasteiger partial charge in [-0.15, -0.1) is 0 Å². The van der Waals surface area contributed by atoms with Gasteiger partial charge in [-0.1, -0.05) is 29.8 Å². The van der Waals surface area contributed by atoms with Gasteiger partial charge in [0.25, 0.3) is 5.91 Å². The number of methoxy groups -OCH3 is 1. The average Bonchev–Trinajstić information content (AvgIpc) is 2.60. The summed E-state index contributed by atoms with van der Waals surface area (Å²) in [4.78, 5) is 16.1. The molecule has 1 aromatic heterocycles. The Morgan fingerprint density at radius 1 is 1.28 bits per heavy atom. The van der Waals surface area contributed by atoms with E-state index in [1.54, 1.807) is 7.11 Å². The molecule has 2 heterocycles. The second-order valence-electron chi connectivity index (χ2n) is 5.82. The molecular weight excluding hydrogens is 340 g/mol. The lowest BCUT2D eigenvalue weighted by Crippen LogP contribution is -2.25. The summed E-state index contributed by atoms with van der Waals surface area (Å²) in [5.41, 5.74) is 3.35. The third-order valence-corrected chi connectivity index (χ3v) is 4.36. The monoisotopic (exact) mass is 354 g/mol. The summed E-state index contributed by atoms with van der Waals surface area (Å²) in [7, 11) is 1.61. The Kier molecular flexibility index (Phi) is 3.93. The van der Waals surface area contributed by atoms with Crippen LogP contribution in [0.1, 0.15) is 11.1 Å². The third kappa shape index (κ3) is 2.98. The van der Waals surface area contributed by atoms with Crippen LogP contribution in [-0.2, 0) is 11.2 Å². The van der Waals surface area contributed by atoms with Crippen molar-refractivity contribution in [1.82, 2.24) is 4.98 Å². The van der Waals surface area contributed by atoms with E-state index in [1.165, 1.54) is 0 Å². The summed E-state index contributed by atoms with van der Waals surface area (Å²) < 4.78 is 10.8. The quantitative estimate of drug-likeness (QED) is 0.776. The molecule has 0 bridgehead atoms. The minimum Gasteiger partial charge on any atom is -0.481 e. The highest BCUT2D eigenvalue weighted by molar-refractivity contribution is 6.33. The van der Waals surface area contributed by atoms with Gasteiger partial charge in [-0.3, -0.25) is 4.79 Å². The van der Waals surface area contributed by atoms with E-state index >= 15 is 0 Å². The van der Waals surface area contributed by atoms with Crippen molar-refractivity contribution < 1.29 is 14.3 Å². The molecule has 0 spiro atoms. The fraction of sp³-hybridized carbons (Fsp3) is 0.158. The second kappa shape index (κ2) is 6.26. The van der Waals surface area contributed by atoms with E-state index in [1.807, 2.05) is 36.4 Å². The molecule has 25 heavy (non-hydrogen) atoms. The molecule has 1 amide bonds. The number of carbonyl (C=O) groups excluding carboxylic acids is 1. The van der Waals surface area contributed by atoms with E-state index in [0.29, 0.717) is 28.8 Å². The predicted octanol–water partition coefficient (Wildman–Crippen LogP) is 3.82. The van der Waals surface area contributed by atoms with Gasteiger partial charge in [-0.05, 0) is 29.8 Å². The summed E-state index contributed by atoms with van der Waals surface area (Å²) >= 11 is 6.31. The molecule has 0 saturated carbocycles. The van der Waals surface area contributed by atoms with E-state index in [2.05, 4.69) is 16.4 Å². The number of hydrogen-bond donors (Lipinski definition) is 1. The topological polar surface area (TPSA) is 60.5 Å². The molecule has 3 aromatic rings. The summed E-state index contributed by atoms with van der Waals surface area (Å²) in [6.07, 6.45) is 0.573. The number of halogens is 1. The first-order valence-corrected chi connectivity index (χ1v) is 8.19. The van der Waals surface area contributed by atoms with Gasteiger partial charge in [0, 0.05) is 17.4 Å². The van der Waals surface area contributed by atoms with Crippen LogP contribution in [0.2, 0.25) is 5.02 Å². The molecule has 1 N–H and O–H groups in total. The highest BCUT2D eigenvalue weighted by Gasteiger charge is 2.20. The van der Waals surface area contributed by atoms with E-state index in [9.17, 15) is 4.79 Å². The van der Waals surface area contributed by atoms with Crippen molar-refractivity contribution >= 4 is 34.1 Å². The largest absolute Gasteiger partial charge is 0.481 e. The lowest BCUT2D eigenvalue weighted by Gasteiger charge is -2.20. The number of benzene rings is 2. The van der Waals surface area contributed by atoms with Crippen molar-refractivity contribution in [2.45, 2.75) is 6.42 Å². The Morgan fingerprint density at radius 3 is 2.96 bits per heavy atom. The fourth-order valence-corrected chi connectivity index (χ4v) is 3.28. The van der Waals surface area contributed by atoms with Crippen LogP contribution in [-0.4, -0.2) is 24.6 Å². The predicted molar refractivity (Wildman–Crippen MR) is 96.7 cm³/mol. The van der Waals surface area contributed by atoms with Crippen molar-refractivity contribution in [2.75, 3.05) is 19.0 Å². The first kappa shape index (κ1) is 15.7. The standard InChI is InChI=1S/C19H15ClN2O3/c1-24-19-13(9-12-4-2-3-5-15(12)22-19)6-11-7-14(20)18-16(8-11)21-17(23)10-25-18/h2-5,7-9H,6,10H2,1H3,(H,21,23). The number of para-hydroxylation sites is 1. The molecule has 0 atom stereocenters. The van der Waals surface area contributed by atoms with Gasteiger partial charge in [0.1, 0.15) is 0 Å². The van der Waals surface area contributed by atoms with E-state index in [-0.39, 0.29) is 12.5 Å². The molecule has 1 aliphatic rings. The first-order chi connectivity index (χ1) is 12.1. The Morgan fingerprint density at radius 2 is 2.12 bits per heavy atom. The van der Waals surface area contributed by atoms with Gasteiger partial charge in [-0.2, -0.15) is 0 Å². The Bertz CT molecular complexity index is 988. The zero-order valence-electron chi connectivity index (χ0n) is 13.5. The molecule has 2 aromatic carbocycles. The smallest absolute Gasteiger partial charge is 0.262 e. The Hall–Kier alpha value is -2.79. The normalized spacial score (nSPS) is 13.1. The van der Waals surface area contributed by atoms with Crippen LogP contribution in [0.5, 0.6) is 11.6 Å². The molecule has 126 valence electrons. The number of anilines is 1. The molecule has 6 heteroatoms. The van der Waals surface area contributed by atoms with Crippen LogP contribution >= 0.6 is 11.6 Å². The van der Waals surface area contributed by atoms with E-state index in [4.69, 9.17) is 21.1 Å². The summed E-state index contributed by atoms with van der Waals surface area (Å²) in [5, 5.41) is 4.30. The SMILES string of the molecule is COc1nc2ccccc2cc1Cc1cc(Cl)c2c(c1)NC(=O)CO2. The van der Waals surface area contributed by atoms with E-state index in [0.717, 1.165) is 22.0 Å². The average molecular weight is 355 g/mol. The Balaban J connectivity index is 1.75. The maximum Gasteiger partial charge on any atom is 0.262 e. The van der Waals surface area contributed by atoms with Crippen LogP contribution in [0.3, 0.4) is 0 Å². The molecule has 1 aliphatic heterocycles. The molecule has 0 unspecified atom stereocenters. The van der Waals surface area contributed by atoms with Gasteiger partial charge >= 0.3 is 0 Å². The molecule has 5 nitrogen and oxygen atoms in total. The molecule has 0 fully saturated rings. The second-order valence-corrected chi connectivity index (χ2v) is 6.22. The summed E-state index contributed by atoms with van der Waals surface area (Å²) in [5.74, 6) is 0.895. The fourth-order valence-electron chi connectivity index (χ4n) is 2.98. The van der Waals surface area contributed by atoms with Crippen molar-refractivity contribution in [3.8, 4) is 11.6 Å². The van der Waals surface area contributed by atoms with Gasteiger partial charge in [0.2, 0.25) is 5.88 Å². The maximum atomic E-state index is 11.5. The lowest BCUT2D eigenvalue weighted by atomic mass is 10.0. The minimum absolute atomic E-state index is 0.0194. The highest BCUT2D eigenvalue weighted by atomic mass is 35.5. The van der Waals surface area contributed by atoms with Crippen molar-refractivity contribution in [3.63, 3.8) is 0 Å². The van der Waals surface area contributed by atoms with Gasteiger partial charge in [-0.25, -0.2) is 4.98 Å². The van der Waals surface area contributed by atoms with Crippen LogP contribution < -0.4 is 14.8 Å². The number of amides is 1. The van der Waals surface area contributed by atoms with Crippen molar-refractivity contribution in [1.29, 1.82) is 0 Å². The molecule has 4 rings (SSSR count). The zero-order valence-corrected chi connectivity index (χ0v) is 14.3. The van der Waals surface area contributed by atoms with Gasteiger partial charge in [0.05, 0.1) is 23.3 Å². The Labute approximate surface area is 149 Å². The molecule has 0 aliphatic carbocycles. The first-order valence-electron chi connectivity index (χ1n) is 7.82. The number of nitrogens with zero attached hydrogens (tertiary/aromatic N) is 1. The van der Waals surface area contributed by atoms with Crippen LogP contribution in [0.4, 0.5) is 5.69 Å². The lowest BCUT2D eigenvalue weighted by molar-refractivity contribution is -0.118. The molecular formula is C19H15ClN2O3. The molecule has 0 saturated heterocycles. The number of hydrogen-bond acceptors (Lipinski definition) is 4. The number of fused-ring (bicyclic) bond motifs is 2. The van der Waals surface area contributed by atoms with Crippen molar-refractivity contribution in [2.24, 2.45) is 0 Å². The highest BCUT2D eigenvalue weighted by Crippen LogP contribution is 2.37. The van der Waals surface area contributed by atoms with Crippen molar-refractivity contribution in [3.05, 3.63) is 58.6 Å². The summed E-state index contributed by atoms with van der Waals surface area (Å²) in [6, 6.07) is 13.6. The number of nitrogens with one attached hydrogen (secondary N) is 1. The zero-order chi connectivity index (χ0) is 17.4. The minimum atomic E-state index is -0.189. The summed E-state index contributed by atoms with van der Waals surface area (Å²) in [6.45, 7) is -0.0194. The van der Waals surface area contributed by atoms with Gasteiger partial charge in [0.15, 0.2) is 12.4 Å². The number of carbonyl (C=O) groups is 1. The van der Waals surface area contributed by atoms with Gasteiger partial charge < -0.3 is 14.8 Å². The van der Waals surface area contributed by atoms with Crippen LogP contribution in [0.15, 0.2) is 42.5 Å².